The Morgan fingerprint density at radius 2 is 2.38 bits per heavy atom. The molecule has 21 heavy (non-hydrogen) atoms. The molecule has 7 heteroatoms. The van der Waals surface area contributed by atoms with E-state index in [0.717, 1.165) is 0 Å². The van der Waals surface area contributed by atoms with Gasteiger partial charge in [0.05, 0.1) is 17.9 Å². The van der Waals surface area contributed by atoms with E-state index in [1.165, 1.54) is 12.3 Å². The second-order valence-electron chi connectivity index (χ2n) is 5.00. The van der Waals surface area contributed by atoms with Gasteiger partial charge in [-0.2, -0.15) is 0 Å². The number of pyridine rings is 1. The zero-order chi connectivity index (χ0) is 15.4. The highest BCUT2D eigenvalue weighted by Crippen LogP contribution is 2.23. The molecule has 1 aromatic heterocycles. The minimum atomic E-state index is -0.462. The van der Waals surface area contributed by atoms with Gasteiger partial charge in [-0.3, -0.25) is 4.79 Å². The lowest BCUT2D eigenvalue weighted by Gasteiger charge is -2.30. The molecule has 1 atom stereocenters. The minimum absolute atomic E-state index is 0.0694. The highest BCUT2D eigenvalue weighted by molar-refractivity contribution is 5.97. The number of carbonyl (C=O) groups is 2. The molecule has 1 unspecified atom stereocenters. The molecular weight excluding hydrogens is 272 g/mol. The number of rotatable bonds is 4. The number of anilines is 2. The number of nitrogens with zero attached hydrogens (tertiary/aromatic N) is 2. The molecule has 114 valence electrons. The van der Waals surface area contributed by atoms with Crippen LogP contribution < -0.4 is 11.1 Å². The van der Waals surface area contributed by atoms with E-state index in [-0.39, 0.29) is 17.6 Å². The summed E-state index contributed by atoms with van der Waals surface area (Å²) in [5.41, 5.74) is 6.56. The SMILES string of the molecule is CCOC(=O)c1ccnc(NC2CCC(=O)N(C)C2)c1N. The highest BCUT2D eigenvalue weighted by Gasteiger charge is 2.24. The first-order valence-electron chi connectivity index (χ1n) is 6.95. The van der Waals surface area contributed by atoms with Crippen molar-refractivity contribution >= 4 is 23.4 Å². The van der Waals surface area contributed by atoms with E-state index >= 15 is 0 Å². The number of hydrogen-bond donors (Lipinski definition) is 2. The number of aromatic nitrogens is 1. The van der Waals surface area contributed by atoms with Gasteiger partial charge < -0.3 is 20.7 Å². The smallest absolute Gasteiger partial charge is 0.340 e. The first-order valence-corrected chi connectivity index (χ1v) is 6.95. The van der Waals surface area contributed by atoms with Gasteiger partial charge in [0.15, 0.2) is 0 Å². The Hall–Kier alpha value is -2.31. The first-order chi connectivity index (χ1) is 10.0. The maximum absolute atomic E-state index is 11.8. The van der Waals surface area contributed by atoms with E-state index in [4.69, 9.17) is 10.5 Å². The van der Waals surface area contributed by atoms with Crippen LogP contribution in [0.4, 0.5) is 11.5 Å². The zero-order valence-corrected chi connectivity index (χ0v) is 12.3. The summed E-state index contributed by atoms with van der Waals surface area (Å²) >= 11 is 0. The molecular formula is C14H20N4O3. The lowest BCUT2D eigenvalue weighted by molar-refractivity contribution is -0.132. The third kappa shape index (κ3) is 3.42. The van der Waals surface area contributed by atoms with Gasteiger partial charge in [-0.25, -0.2) is 9.78 Å². The molecule has 7 nitrogen and oxygen atoms in total. The van der Waals surface area contributed by atoms with Gasteiger partial charge in [-0.15, -0.1) is 0 Å². The molecule has 3 N–H and O–H groups in total. The zero-order valence-electron chi connectivity index (χ0n) is 12.3. The molecule has 1 fully saturated rings. The molecule has 0 spiro atoms. The summed E-state index contributed by atoms with van der Waals surface area (Å²) in [6.07, 6.45) is 2.72. The van der Waals surface area contributed by atoms with Crippen LogP contribution >= 0.6 is 0 Å². The van der Waals surface area contributed by atoms with Crippen molar-refractivity contribution in [3.63, 3.8) is 0 Å². The summed E-state index contributed by atoms with van der Waals surface area (Å²) in [5.74, 6) is 0.124. The Kier molecular flexibility index (Phi) is 4.62. The van der Waals surface area contributed by atoms with Gasteiger partial charge in [0.2, 0.25) is 5.91 Å². The lowest BCUT2D eigenvalue weighted by atomic mass is 10.1. The van der Waals surface area contributed by atoms with E-state index in [2.05, 4.69) is 10.3 Å². The van der Waals surface area contributed by atoms with Crippen LogP contribution in [0, 0.1) is 0 Å². The fraction of sp³-hybridized carbons (Fsp3) is 0.500. The number of amides is 1. The average molecular weight is 292 g/mol. The van der Waals surface area contributed by atoms with Crippen LogP contribution in [0.2, 0.25) is 0 Å². The van der Waals surface area contributed by atoms with Crippen LogP contribution in [0.1, 0.15) is 30.1 Å². The summed E-state index contributed by atoms with van der Waals surface area (Å²) in [5, 5.41) is 3.20. The summed E-state index contributed by atoms with van der Waals surface area (Å²) < 4.78 is 4.96. The maximum Gasteiger partial charge on any atom is 0.340 e. The molecule has 1 aliphatic heterocycles. The van der Waals surface area contributed by atoms with Crippen LogP contribution in [0.5, 0.6) is 0 Å². The van der Waals surface area contributed by atoms with Gasteiger partial charge in [-0.1, -0.05) is 0 Å². The van der Waals surface area contributed by atoms with E-state index in [9.17, 15) is 9.59 Å². The summed E-state index contributed by atoms with van der Waals surface area (Å²) in [6.45, 7) is 2.62. The summed E-state index contributed by atoms with van der Waals surface area (Å²) in [4.78, 5) is 29.1. The number of hydrogen-bond acceptors (Lipinski definition) is 6. The molecule has 1 saturated heterocycles. The number of nitrogens with two attached hydrogens (primary N) is 1. The van der Waals surface area contributed by atoms with Crippen molar-refractivity contribution in [3.8, 4) is 0 Å². The number of esters is 1. The average Bonchev–Trinajstić information content (AvgIpc) is 2.45. The number of nitrogens with one attached hydrogen (secondary N) is 1. The molecule has 2 rings (SSSR count). The van der Waals surface area contributed by atoms with E-state index in [1.54, 1.807) is 18.9 Å². The molecule has 1 aliphatic rings. The van der Waals surface area contributed by atoms with Crippen LogP contribution in [-0.4, -0.2) is 48.0 Å². The van der Waals surface area contributed by atoms with Crippen molar-refractivity contribution in [3.05, 3.63) is 17.8 Å². The molecule has 0 saturated carbocycles. The Bertz CT molecular complexity index is 547. The van der Waals surface area contributed by atoms with Crippen molar-refractivity contribution in [1.29, 1.82) is 0 Å². The van der Waals surface area contributed by atoms with Gasteiger partial charge in [0.25, 0.3) is 0 Å². The Morgan fingerprint density at radius 1 is 1.62 bits per heavy atom. The number of likely N-dealkylation sites (tertiary alicyclic amines) is 1. The lowest BCUT2D eigenvalue weighted by Crippen LogP contribution is -2.43. The van der Waals surface area contributed by atoms with Gasteiger partial charge >= 0.3 is 5.97 Å². The largest absolute Gasteiger partial charge is 0.462 e. The first kappa shape index (κ1) is 15.1. The van der Waals surface area contributed by atoms with E-state index < -0.39 is 5.97 Å². The highest BCUT2D eigenvalue weighted by atomic mass is 16.5. The fourth-order valence-corrected chi connectivity index (χ4v) is 2.30. The van der Waals surface area contributed by atoms with Crippen molar-refractivity contribution in [2.24, 2.45) is 0 Å². The molecule has 2 heterocycles. The summed E-state index contributed by atoms with van der Waals surface area (Å²) in [6, 6.07) is 1.61. The van der Waals surface area contributed by atoms with Crippen LogP contribution in [0.3, 0.4) is 0 Å². The van der Waals surface area contributed by atoms with E-state index in [0.29, 0.717) is 37.4 Å². The van der Waals surface area contributed by atoms with Gasteiger partial charge in [0, 0.05) is 32.3 Å². The van der Waals surface area contributed by atoms with Gasteiger partial charge in [-0.05, 0) is 19.4 Å². The topological polar surface area (TPSA) is 97.5 Å². The molecule has 1 aromatic rings. The number of likely N-dealkylation sites (N-methyl/N-ethyl adjacent to an activating group) is 1. The Morgan fingerprint density at radius 3 is 3.05 bits per heavy atom. The van der Waals surface area contributed by atoms with Crippen LogP contribution in [0.15, 0.2) is 12.3 Å². The monoisotopic (exact) mass is 292 g/mol. The standard InChI is InChI=1S/C14H20N4O3/c1-3-21-14(20)10-6-7-16-13(12(10)15)17-9-4-5-11(19)18(2)8-9/h6-7,9H,3-5,8,15H2,1-2H3,(H,16,17). The molecule has 0 aromatic carbocycles. The Balaban J connectivity index is 2.12. The van der Waals surface area contributed by atoms with Crippen LogP contribution in [-0.2, 0) is 9.53 Å². The number of ether oxygens (including phenoxy) is 1. The normalized spacial score (nSPS) is 18.5. The summed E-state index contributed by atoms with van der Waals surface area (Å²) in [7, 11) is 1.77. The molecule has 0 radical (unpaired) electrons. The predicted molar refractivity (Wildman–Crippen MR) is 78.9 cm³/mol. The van der Waals surface area contributed by atoms with Gasteiger partial charge in [0.1, 0.15) is 5.82 Å². The molecule has 1 amide bonds. The fourth-order valence-electron chi connectivity index (χ4n) is 2.30. The molecule has 0 aliphatic carbocycles. The van der Waals surface area contributed by atoms with Crippen molar-refractivity contribution in [2.45, 2.75) is 25.8 Å². The second-order valence-corrected chi connectivity index (χ2v) is 5.00. The van der Waals surface area contributed by atoms with E-state index in [1.807, 2.05) is 0 Å². The maximum atomic E-state index is 11.8. The minimum Gasteiger partial charge on any atom is -0.462 e. The van der Waals surface area contributed by atoms with Crippen molar-refractivity contribution in [1.82, 2.24) is 9.88 Å². The number of carbonyl (C=O) groups excluding carboxylic acids is 2. The Labute approximate surface area is 123 Å². The predicted octanol–water partition coefficient (Wildman–Crippen LogP) is 0.873. The quantitative estimate of drug-likeness (QED) is 0.799. The third-order valence-electron chi connectivity index (χ3n) is 3.45. The van der Waals surface area contributed by atoms with Crippen molar-refractivity contribution < 1.29 is 14.3 Å². The number of nitrogen functional groups attached to an aromatic ring is 1. The molecule has 0 bridgehead atoms. The third-order valence-corrected chi connectivity index (χ3v) is 3.45. The number of piperidine rings is 1. The van der Waals surface area contributed by atoms with Crippen molar-refractivity contribution in [2.75, 3.05) is 31.2 Å². The second kappa shape index (κ2) is 6.43. The van der Waals surface area contributed by atoms with Crippen LogP contribution in [0.25, 0.3) is 0 Å².